The van der Waals surface area contributed by atoms with Crippen molar-refractivity contribution in [1.82, 2.24) is 10.2 Å². The van der Waals surface area contributed by atoms with E-state index in [1.165, 1.54) is 32.1 Å². The quantitative estimate of drug-likeness (QED) is 0.808. The number of β-amino-alcohol motifs (C(OH)–C–C–N with tert-alkyl or cyclic N) is 1. The smallest absolute Gasteiger partial charge is 0.0769 e. The van der Waals surface area contributed by atoms with Gasteiger partial charge in [0.15, 0.2) is 0 Å². The van der Waals surface area contributed by atoms with Crippen molar-refractivity contribution in [3.8, 4) is 0 Å². The maximum absolute atomic E-state index is 10.6. The summed E-state index contributed by atoms with van der Waals surface area (Å²) in [5, 5.41) is 14.2. The molecule has 1 aliphatic heterocycles. The summed E-state index contributed by atoms with van der Waals surface area (Å²) in [7, 11) is 0. The van der Waals surface area contributed by atoms with Gasteiger partial charge >= 0.3 is 0 Å². The van der Waals surface area contributed by atoms with Crippen LogP contribution >= 0.6 is 0 Å². The minimum absolute atomic E-state index is 0.313. The van der Waals surface area contributed by atoms with E-state index in [1.807, 2.05) is 6.92 Å². The van der Waals surface area contributed by atoms with Gasteiger partial charge in [-0.25, -0.2) is 0 Å². The summed E-state index contributed by atoms with van der Waals surface area (Å²) in [6, 6.07) is 0. The summed E-state index contributed by atoms with van der Waals surface area (Å²) in [6.45, 7) is 10.3. The molecule has 18 heavy (non-hydrogen) atoms. The monoisotopic (exact) mass is 254 g/mol. The molecule has 0 radical (unpaired) electrons. The average Bonchev–Trinajstić information content (AvgIpc) is 2.33. The second-order valence-electron chi connectivity index (χ2n) is 6.90. The van der Waals surface area contributed by atoms with Gasteiger partial charge in [0.25, 0.3) is 0 Å². The Kier molecular flexibility index (Phi) is 4.35. The molecule has 0 aromatic heterocycles. The zero-order chi connectivity index (χ0) is 13.2. The Balaban J connectivity index is 2.08. The molecule has 2 N–H and O–H groups in total. The van der Waals surface area contributed by atoms with E-state index in [1.54, 1.807) is 0 Å². The molecule has 2 fully saturated rings. The van der Waals surface area contributed by atoms with Crippen LogP contribution in [0.25, 0.3) is 0 Å². The van der Waals surface area contributed by atoms with E-state index in [9.17, 15) is 5.11 Å². The number of hydrogen-bond donors (Lipinski definition) is 2. The third kappa shape index (κ3) is 2.89. The Bertz CT molecular complexity index is 261. The highest BCUT2D eigenvalue weighted by Gasteiger charge is 2.42. The Hall–Kier alpha value is -0.120. The van der Waals surface area contributed by atoms with Crippen LogP contribution in [0, 0.1) is 5.92 Å². The molecule has 106 valence electrons. The highest BCUT2D eigenvalue weighted by atomic mass is 16.3. The summed E-state index contributed by atoms with van der Waals surface area (Å²) in [5.74, 6) is 0.313. The van der Waals surface area contributed by atoms with Crippen molar-refractivity contribution >= 4 is 0 Å². The summed E-state index contributed by atoms with van der Waals surface area (Å²) in [4.78, 5) is 2.59. The predicted molar refractivity (Wildman–Crippen MR) is 75.7 cm³/mol. The Morgan fingerprint density at radius 2 is 1.94 bits per heavy atom. The van der Waals surface area contributed by atoms with Crippen LogP contribution in [0.3, 0.4) is 0 Å². The van der Waals surface area contributed by atoms with Gasteiger partial charge in [-0.1, -0.05) is 33.1 Å². The first-order chi connectivity index (χ1) is 8.46. The molecule has 1 saturated carbocycles. The number of nitrogens with one attached hydrogen (secondary N) is 1. The molecule has 1 heterocycles. The van der Waals surface area contributed by atoms with Gasteiger partial charge in [0.2, 0.25) is 0 Å². The molecule has 1 spiro atoms. The van der Waals surface area contributed by atoms with E-state index in [0.29, 0.717) is 11.5 Å². The molecule has 3 nitrogen and oxygen atoms in total. The fourth-order valence-corrected chi connectivity index (χ4v) is 3.40. The Morgan fingerprint density at radius 1 is 1.28 bits per heavy atom. The predicted octanol–water partition coefficient (Wildman–Crippen LogP) is 2.00. The average molecular weight is 254 g/mol. The third-order valence-corrected chi connectivity index (χ3v) is 5.22. The summed E-state index contributed by atoms with van der Waals surface area (Å²) >= 11 is 0. The largest absolute Gasteiger partial charge is 0.389 e. The Morgan fingerprint density at radius 3 is 2.56 bits per heavy atom. The second kappa shape index (κ2) is 5.48. The van der Waals surface area contributed by atoms with Crippen molar-refractivity contribution in [2.45, 2.75) is 64.0 Å². The van der Waals surface area contributed by atoms with Gasteiger partial charge in [-0.15, -0.1) is 0 Å². The van der Waals surface area contributed by atoms with E-state index in [2.05, 4.69) is 24.1 Å². The van der Waals surface area contributed by atoms with Gasteiger partial charge in [-0.05, 0) is 25.7 Å². The second-order valence-corrected chi connectivity index (χ2v) is 6.90. The summed E-state index contributed by atoms with van der Waals surface area (Å²) in [6.07, 6.45) is 6.68. The van der Waals surface area contributed by atoms with Crippen molar-refractivity contribution in [2.24, 2.45) is 5.92 Å². The molecule has 1 atom stereocenters. The highest BCUT2D eigenvalue weighted by molar-refractivity contribution is 5.00. The molecule has 1 aliphatic carbocycles. The van der Waals surface area contributed by atoms with Gasteiger partial charge in [0.1, 0.15) is 0 Å². The van der Waals surface area contributed by atoms with Crippen LogP contribution in [-0.2, 0) is 0 Å². The molecule has 2 rings (SSSR count). The molecule has 3 heteroatoms. The number of nitrogens with zero attached hydrogens (tertiary/aromatic N) is 1. The number of rotatable bonds is 3. The Labute approximate surface area is 112 Å². The van der Waals surface area contributed by atoms with E-state index >= 15 is 0 Å². The van der Waals surface area contributed by atoms with E-state index in [-0.39, 0.29) is 0 Å². The van der Waals surface area contributed by atoms with Crippen molar-refractivity contribution in [1.29, 1.82) is 0 Å². The fourth-order valence-electron chi connectivity index (χ4n) is 3.40. The van der Waals surface area contributed by atoms with Crippen LogP contribution in [0.4, 0.5) is 0 Å². The van der Waals surface area contributed by atoms with Gasteiger partial charge in [0, 0.05) is 31.7 Å². The van der Waals surface area contributed by atoms with Crippen molar-refractivity contribution < 1.29 is 5.11 Å². The maximum Gasteiger partial charge on any atom is 0.0769 e. The van der Waals surface area contributed by atoms with Crippen LogP contribution < -0.4 is 5.32 Å². The van der Waals surface area contributed by atoms with Gasteiger partial charge in [-0.3, -0.25) is 4.90 Å². The lowest BCUT2D eigenvalue weighted by Gasteiger charge is -2.52. The molecule has 1 unspecified atom stereocenters. The van der Waals surface area contributed by atoms with Gasteiger partial charge in [0.05, 0.1) is 5.60 Å². The van der Waals surface area contributed by atoms with Crippen LogP contribution in [0.1, 0.15) is 52.9 Å². The maximum atomic E-state index is 10.6. The number of hydrogen-bond acceptors (Lipinski definition) is 3. The van der Waals surface area contributed by atoms with Crippen LogP contribution in [0.2, 0.25) is 0 Å². The minimum atomic E-state index is -0.568. The molecule has 1 saturated heterocycles. The van der Waals surface area contributed by atoms with Crippen LogP contribution in [0.15, 0.2) is 0 Å². The van der Waals surface area contributed by atoms with Crippen molar-refractivity contribution in [3.05, 3.63) is 0 Å². The normalized spacial score (nSPS) is 28.5. The van der Waals surface area contributed by atoms with Gasteiger partial charge < -0.3 is 10.4 Å². The third-order valence-electron chi connectivity index (χ3n) is 5.22. The molecule has 0 aromatic carbocycles. The van der Waals surface area contributed by atoms with Gasteiger partial charge in [-0.2, -0.15) is 0 Å². The van der Waals surface area contributed by atoms with E-state index < -0.39 is 5.60 Å². The van der Waals surface area contributed by atoms with Crippen LogP contribution in [-0.4, -0.2) is 47.3 Å². The first kappa shape index (κ1) is 14.3. The molecule has 0 amide bonds. The highest BCUT2D eigenvalue weighted by Crippen LogP contribution is 2.36. The summed E-state index contributed by atoms with van der Waals surface area (Å²) in [5.41, 5.74) is -0.239. The lowest BCUT2D eigenvalue weighted by molar-refractivity contribution is -0.0676. The first-order valence-corrected chi connectivity index (χ1v) is 7.64. The SMILES string of the molecule is CC(C)C(C)(O)CN1CCNCC12CCCCC2. The van der Waals surface area contributed by atoms with E-state index in [0.717, 1.165) is 26.2 Å². The van der Waals surface area contributed by atoms with Crippen LogP contribution in [0.5, 0.6) is 0 Å². The lowest BCUT2D eigenvalue weighted by Crippen LogP contribution is -2.65. The molecule has 0 aromatic rings. The van der Waals surface area contributed by atoms with E-state index in [4.69, 9.17) is 0 Å². The number of piperazine rings is 1. The molecule has 2 aliphatic rings. The zero-order valence-corrected chi connectivity index (χ0v) is 12.3. The number of aliphatic hydroxyl groups is 1. The van der Waals surface area contributed by atoms with Crippen molar-refractivity contribution in [2.75, 3.05) is 26.2 Å². The zero-order valence-electron chi connectivity index (χ0n) is 12.3. The standard InChI is InChI=1S/C15H30N2O/c1-13(2)14(3,18)12-17-10-9-16-11-15(17)7-5-4-6-8-15/h13,16,18H,4-12H2,1-3H3. The first-order valence-electron chi connectivity index (χ1n) is 7.64. The molecular formula is C15H30N2O. The topological polar surface area (TPSA) is 35.5 Å². The minimum Gasteiger partial charge on any atom is -0.389 e. The fraction of sp³-hybridized carbons (Fsp3) is 1.00. The summed E-state index contributed by atoms with van der Waals surface area (Å²) < 4.78 is 0. The van der Waals surface area contributed by atoms with Crippen molar-refractivity contribution in [3.63, 3.8) is 0 Å². The lowest BCUT2D eigenvalue weighted by atomic mass is 9.78. The molecule has 0 bridgehead atoms. The molecular weight excluding hydrogens is 224 g/mol.